The predicted molar refractivity (Wildman–Crippen MR) is 131 cm³/mol. The summed E-state index contributed by atoms with van der Waals surface area (Å²) in [4.78, 5) is 24.8. The second-order valence-electron chi connectivity index (χ2n) is 10.3. The van der Waals surface area contributed by atoms with Gasteiger partial charge in [-0.1, -0.05) is 75.2 Å². The lowest BCUT2D eigenvalue weighted by Gasteiger charge is -2.32. The fourth-order valence-electron chi connectivity index (χ4n) is 3.76. The number of alkyl halides is 1. The molecule has 0 saturated carbocycles. The van der Waals surface area contributed by atoms with Crippen LogP contribution in [0.3, 0.4) is 0 Å². The Labute approximate surface area is 194 Å². The van der Waals surface area contributed by atoms with E-state index in [4.69, 9.17) is 4.74 Å². The first-order valence-corrected chi connectivity index (χ1v) is 13.1. The number of hydrogen-bond acceptors (Lipinski definition) is 3. The first kappa shape index (κ1) is 29.6. The molecule has 0 rings (SSSR count). The van der Waals surface area contributed by atoms with Gasteiger partial charge in [0.25, 0.3) is 0 Å². The molecule has 0 bridgehead atoms. The molecule has 1 N–H and O–H groups in total. The van der Waals surface area contributed by atoms with Gasteiger partial charge in [-0.05, 0) is 53.4 Å². The van der Waals surface area contributed by atoms with Gasteiger partial charge >= 0.3 is 0 Å². The molecule has 0 aromatic carbocycles. The van der Waals surface area contributed by atoms with Crippen LogP contribution in [0.15, 0.2) is 0 Å². The van der Waals surface area contributed by atoms with Gasteiger partial charge in [-0.15, -0.1) is 0 Å². The van der Waals surface area contributed by atoms with E-state index in [0.29, 0.717) is 24.1 Å². The molecule has 4 nitrogen and oxygen atoms in total. The van der Waals surface area contributed by atoms with E-state index < -0.39 is 0 Å². The van der Waals surface area contributed by atoms with Crippen LogP contribution >= 0.6 is 15.9 Å². The van der Waals surface area contributed by atoms with Crippen molar-refractivity contribution < 1.29 is 14.3 Å². The Morgan fingerprint density at radius 2 is 1.43 bits per heavy atom. The lowest BCUT2D eigenvalue weighted by atomic mass is 9.74. The number of ketones is 1. The third-order valence-corrected chi connectivity index (χ3v) is 6.62. The molecule has 0 aliphatic heterocycles. The zero-order chi connectivity index (χ0) is 23.3. The number of ether oxygens (including phenoxy) is 1. The largest absolute Gasteiger partial charge is 0.375 e. The summed E-state index contributed by atoms with van der Waals surface area (Å²) in [6.07, 6.45) is 11.1. The van der Waals surface area contributed by atoms with Crippen molar-refractivity contribution in [3.05, 3.63) is 0 Å². The van der Waals surface area contributed by atoms with Gasteiger partial charge in [0.15, 0.2) is 0 Å². The van der Waals surface area contributed by atoms with Crippen LogP contribution in [-0.2, 0) is 14.3 Å². The topological polar surface area (TPSA) is 55.4 Å². The molecule has 178 valence electrons. The van der Waals surface area contributed by atoms with E-state index in [1.54, 1.807) is 0 Å². The standard InChI is InChI=1S/C25H48BrNO3/c1-8-10-12-13-16-25(7,15-11-9-2)21(28)14-17-24(5,6)30-19-18-23(3,4)27-22(29)20-26/h8-20H2,1-7H3,(H,27,29). The highest BCUT2D eigenvalue weighted by Gasteiger charge is 2.33. The molecule has 0 radical (unpaired) electrons. The van der Waals surface area contributed by atoms with Crippen LogP contribution in [0.4, 0.5) is 0 Å². The molecule has 0 spiro atoms. The number of carbonyl (C=O) groups is 2. The van der Waals surface area contributed by atoms with Crippen LogP contribution in [0.5, 0.6) is 0 Å². The second kappa shape index (κ2) is 14.6. The maximum atomic E-state index is 13.2. The van der Waals surface area contributed by atoms with Crippen molar-refractivity contribution in [3.63, 3.8) is 0 Å². The predicted octanol–water partition coefficient (Wildman–Crippen LogP) is 6.98. The SMILES string of the molecule is CCCCCCC(C)(CCCC)C(=O)CCC(C)(C)OCCC(C)(C)NC(=O)CBr. The highest BCUT2D eigenvalue weighted by Crippen LogP contribution is 2.34. The zero-order valence-electron chi connectivity index (χ0n) is 20.8. The Bertz CT molecular complexity index is 505. The van der Waals surface area contributed by atoms with E-state index in [9.17, 15) is 9.59 Å². The molecule has 1 atom stereocenters. The van der Waals surface area contributed by atoms with Crippen LogP contribution in [0.2, 0.25) is 0 Å². The lowest BCUT2D eigenvalue weighted by molar-refractivity contribution is -0.131. The summed E-state index contributed by atoms with van der Waals surface area (Å²) in [5.74, 6) is 0.379. The summed E-state index contributed by atoms with van der Waals surface area (Å²) in [5, 5.41) is 3.30. The van der Waals surface area contributed by atoms with Crippen molar-refractivity contribution >= 4 is 27.6 Å². The first-order chi connectivity index (χ1) is 13.9. The van der Waals surface area contributed by atoms with Gasteiger partial charge in [-0.25, -0.2) is 0 Å². The Hall–Kier alpha value is -0.420. The minimum Gasteiger partial charge on any atom is -0.375 e. The van der Waals surface area contributed by atoms with Gasteiger partial charge in [0.05, 0.1) is 10.9 Å². The number of rotatable bonds is 18. The molecule has 0 fully saturated rings. The summed E-state index contributed by atoms with van der Waals surface area (Å²) in [6.45, 7) is 15.3. The Morgan fingerprint density at radius 1 is 0.833 bits per heavy atom. The van der Waals surface area contributed by atoms with Crippen LogP contribution < -0.4 is 5.32 Å². The third kappa shape index (κ3) is 13.1. The molecule has 0 aliphatic rings. The second-order valence-corrected chi connectivity index (χ2v) is 10.9. The van der Waals surface area contributed by atoms with Gasteiger partial charge in [0.2, 0.25) is 5.91 Å². The molecule has 1 amide bonds. The molecule has 5 heteroatoms. The van der Waals surface area contributed by atoms with E-state index in [1.807, 2.05) is 13.8 Å². The zero-order valence-corrected chi connectivity index (χ0v) is 22.4. The molecule has 0 heterocycles. The summed E-state index contributed by atoms with van der Waals surface area (Å²) >= 11 is 3.18. The third-order valence-electron chi connectivity index (χ3n) is 6.11. The molecule has 0 aliphatic carbocycles. The van der Waals surface area contributed by atoms with E-state index in [-0.39, 0.29) is 22.5 Å². The van der Waals surface area contributed by atoms with Gasteiger partial charge in [0.1, 0.15) is 5.78 Å². The van der Waals surface area contributed by atoms with Gasteiger partial charge < -0.3 is 10.1 Å². The molecule has 0 aromatic rings. The van der Waals surface area contributed by atoms with Crippen LogP contribution in [-0.4, -0.2) is 34.8 Å². The maximum Gasteiger partial charge on any atom is 0.231 e. The molecule has 1 unspecified atom stereocenters. The highest BCUT2D eigenvalue weighted by atomic mass is 79.9. The van der Waals surface area contributed by atoms with Crippen LogP contribution in [0.25, 0.3) is 0 Å². The van der Waals surface area contributed by atoms with Crippen molar-refractivity contribution in [2.24, 2.45) is 5.41 Å². The molecular weight excluding hydrogens is 442 g/mol. The Morgan fingerprint density at radius 3 is 2.00 bits per heavy atom. The highest BCUT2D eigenvalue weighted by molar-refractivity contribution is 9.09. The quantitative estimate of drug-likeness (QED) is 0.167. The number of nitrogens with one attached hydrogen (secondary N) is 1. The molecule has 0 saturated heterocycles. The fraction of sp³-hybridized carbons (Fsp3) is 0.920. The minimum atomic E-state index is -0.348. The summed E-state index contributed by atoms with van der Waals surface area (Å²) in [5.41, 5.74) is -0.852. The minimum absolute atomic E-state index is 0.0184. The first-order valence-electron chi connectivity index (χ1n) is 12.0. The normalized spacial score (nSPS) is 14.4. The number of Topliss-reactive ketones (excluding diaryl/α,β-unsaturated/α-hetero) is 1. The van der Waals surface area contributed by atoms with Gasteiger partial charge in [-0.2, -0.15) is 0 Å². The van der Waals surface area contributed by atoms with Crippen molar-refractivity contribution in [3.8, 4) is 0 Å². The van der Waals surface area contributed by atoms with E-state index >= 15 is 0 Å². The number of hydrogen-bond donors (Lipinski definition) is 1. The lowest BCUT2D eigenvalue weighted by Crippen LogP contribution is -2.45. The average molecular weight is 491 g/mol. The average Bonchev–Trinajstić information content (AvgIpc) is 2.67. The molecule has 0 aromatic heterocycles. The Balaban J connectivity index is 4.62. The van der Waals surface area contributed by atoms with Gasteiger partial charge in [0, 0.05) is 24.0 Å². The van der Waals surface area contributed by atoms with Crippen molar-refractivity contribution in [2.75, 3.05) is 11.9 Å². The molecular formula is C25H48BrNO3. The summed E-state index contributed by atoms with van der Waals surface area (Å²) in [7, 11) is 0. The van der Waals surface area contributed by atoms with Crippen molar-refractivity contribution in [1.29, 1.82) is 0 Å². The van der Waals surface area contributed by atoms with E-state index in [1.165, 1.54) is 19.3 Å². The van der Waals surface area contributed by atoms with Crippen LogP contribution in [0, 0.1) is 5.41 Å². The monoisotopic (exact) mass is 489 g/mol. The van der Waals surface area contributed by atoms with E-state index in [0.717, 1.165) is 44.9 Å². The molecule has 30 heavy (non-hydrogen) atoms. The summed E-state index contributed by atoms with van der Waals surface area (Å²) in [6, 6.07) is 0. The van der Waals surface area contributed by atoms with Crippen LogP contribution in [0.1, 0.15) is 119 Å². The Kier molecular flexibility index (Phi) is 14.4. The smallest absolute Gasteiger partial charge is 0.231 e. The number of amides is 1. The fourth-order valence-corrected chi connectivity index (χ4v) is 3.90. The van der Waals surface area contributed by atoms with E-state index in [2.05, 4.69) is 55.9 Å². The van der Waals surface area contributed by atoms with Crippen molar-refractivity contribution in [2.45, 2.75) is 130 Å². The van der Waals surface area contributed by atoms with Gasteiger partial charge in [-0.3, -0.25) is 9.59 Å². The number of halogens is 1. The van der Waals surface area contributed by atoms with Crippen molar-refractivity contribution in [1.82, 2.24) is 5.32 Å². The number of carbonyl (C=O) groups excluding carboxylic acids is 2. The number of unbranched alkanes of at least 4 members (excludes halogenated alkanes) is 4. The maximum absolute atomic E-state index is 13.2. The summed E-state index contributed by atoms with van der Waals surface area (Å²) < 4.78 is 6.12.